The summed E-state index contributed by atoms with van der Waals surface area (Å²) >= 11 is 0. The fraction of sp³-hybridized carbons (Fsp3) is 0.238. The van der Waals surface area contributed by atoms with Crippen LogP contribution < -0.4 is 0 Å². The van der Waals surface area contributed by atoms with Gasteiger partial charge in [-0.05, 0) is 71.0 Å². The lowest BCUT2D eigenvalue weighted by molar-refractivity contribution is -0.153. The van der Waals surface area contributed by atoms with E-state index in [0.717, 1.165) is 0 Å². The summed E-state index contributed by atoms with van der Waals surface area (Å²) in [6.45, 7) is 0. The lowest BCUT2D eigenvalue weighted by Crippen LogP contribution is -2.42. The molecule has 27 heavy (non-hydrogen) atoms. The van der Waals surface area contributed by atoms with E-state index < -0.39 is 42.6 Å². The van der Waals surface area contributed by atoms with E-state index in [1.54, 1.807) is 0 Å². The average Bonchev–Trinajstić information content (AvgIpc) is 2.92. The van der Waals surface area contributed by atoms with Crippen molar-refractivity contribution in [2.75, 3.05) is 0 Å². The minimum absolute atomic E-state index is 0. The van der Waals surface area contributed by atoms with Gasteiger partial charge in [0.05, 0.1) is 6.42 Å². The molecule has 6 nitrogen and oxygen atoms in total. The van der Waals surface area contributed by atoms with Gasteiger partial charge in [0.2, 0.25) is 0 Å². The lowest BCUT2D eigenvalue weighted by Gasteiger charge is -2.17. The summed E-state index contributed by atoms with van der Waals surface area (Å²) < 4.78 is 4.55. The van der Waals surface area contributed by atoms with E-state index >= 15 is 0 Å². The number of rotatable bonds is 3. The summed E-state index contributed by atoms with van der Waals surface area (Å²) in [6, 6.07) is 0. The first-order valence-corrected chi connectivity index (χ1v) is 7.20. The van der Waals surface area contributed by atoms with Crippen LogP contribution in [0.1, 0.15) is 25.0 Å². The van der Waals surface area contributed by atoms with E-state index in [1.165, 1.54) is 0 Å². The Kier molecular flexibility index (Phi) is 8.93. The molecule has 0 aromatic carbocycles. The molecule has 0 saturated carbocycles. The Morgan fingerprint density at radius 1 is 1.00 bits per heavy atom. The zero-order valence-electron chi connectivity index (χ0n) is 13.7. The first-order valence-electron chi connectivity index (χ1n) is 7.20. The SMILES string of the molecule is C#CC#CC#CC#CC#CC#CC#CCC(=O)[C@H](O)[C@H]1OC(=O)[C@@H](O)[C@H]1O.[HH].[HH].[HH].[HH].[HH].[HH].[HH].[HH].[HH].[HH].[HH].[HH].[HH]. The first-order chi connectivity index (χ1) is 13.0. The third kappa shape index (κ3) is 7.15. The van der Waals surface area contributed by atoms with Gasteiger partial charge in [0, 0.05) is 18.5 Å². The monoisotopic (exact) mass is 384 g/mol. The molecule has 1 rings (SSSR count). The summed E-state index contributed by atoms with van der Waals surface area (Å²) in [5, 5.41) is 28.5. The van der Waals surface area contributed by atoms with Crippen LogP contribution in [0.4, 0.5) is 0 Å². The van der Waals surface area contributed by atoms with Crippen LogP contribution in [0.25, 0.3) is 0 Å². The zero-order valence-corrected chi connectivity index (χ0v) is 13.7. The van der Waals surface area contributed by atoms with E-state index in [-0.39, 0.29) is 18.5 Å². The van der Waals surface area contributed by atoms with Crippen LogP contribution in [-0.2, 0) is 14.3 Å². The third-order valence-electron chi connectivity index (χ3n) is 2.84. The molecule has 1 heterocycles. The van der Waals surface area contributed by atoms with Crippen molar-refractivity contribution in [1.29, 1.82) is 0 Å². The van der Waals surface area contributed by atoms with Crippen LogP contribution in [0.3, 0.4) is 0 Å². The van der Waals surface area contributed by atoms with E-state index in [0.29, 0.717) is 0 Å². The van der Waals surface area contributed by atoms with Crippen molar-refractivity contribution in [2.24, 2.45) is 0 Å². The molecule has 0 aromatic rings. The van der Waals surface area contributed by atoms with E-state index in [1.807, 2.05) is 0 Å². The highest BCUT2D eigenvalue weighted by Crippen LogP contribution is 2.19. The van der Waals surface area contributed by atoms with Crippen molar-refractivity contribution in [3.8, 4) is 83.4 Å². The van der Waals surface area contributed by atoms with Crippen molar-refractivity contribution < 1.29 is 48.2 Å². The maximum Gasteiger partial charge on any atom is 0.338 e. The van der Waals surface area contributed by atoms with Gasteiger partial charge in [0.15, 0.2) is 24.1 Å². The smallest absolute Gasteiger partial charge is 0.338 e. The molecule has 1 aliphatic heterocycles. The summed E-state index contributed by atoms with van der Waals surface area (Å²) in [7, 11) is 0. The number of esters is 1. The topological polar surface area (TPSA) is 104 Å². The summed E-state index contributed by atoms with van der Waals surface area (Å²) in [5.74, 6) is 28.7. The predicted octanol–water partition coefficient (Wildman–Crippen LogP) is 0.805. The first kappa shape index (κ1) is 21.0. The fourth-order valence-corrected chi connectivity index (χ4v) is 1.62. The van der Waals surface area contributed by atoms with Gasteiger partial charge >= 0.3 is 5.97 Å². The van der Waals surface area contributed by atoms with Crippen molar-refractivity contribution in [3.63, 3.8) is 0 Å². The maximum atomic E-state index is 11.7. The fourth-order valence-electron chi connectivity index (χ4n) is 1.62. The number of Topliss-reactive ketones (excluding diaryl/α,β-unsaturated/α-hetero) is 1. The minimum Gasteiger partial charge on any atom is -0.454 e. The molecule has 3 N–H and O–H groups in total. The Labute approximate surface area is 175 Å². The summed E-state index contributed by atoms with van der Waals surface area (Å²) in [5.41, 5.74) is 0. The summed E-state index contributed by atoms with van der Waals surface area (Å²) in [6.07, 6.45) is -2.31. The highest BCUT2D eigenvalue weighted by molar-refractivity contribution is 5.87. The molecule has 1 saturated heterocycles. The number of hydrogen-bond donors (Lipinski definition) is 3. The Bertz CT molecular complexity index is 1060. The van der Waals surface area contributed by atoms with Gasteiger partial charge < -0.3 is 20.1 Å². The molecule has 0 radical (unpaired) electrons. The van der Waals surface area contributed by atoms with Crippen molar-refractivity contribution in [1.82, 2.24) is 0 Å². The van der Waals surface area contributed by atoms with Gasteiger partial charge in [0.1, 0.15) is 6.10 Å². The molecule has 0 unspecified atom stereocenters. The number of aliphatic hydroxyl groups is 3. The molecular formula is C21H36O6. The molecule has 4 atom stereocenters. The largest absolute Gasteiger partial charge is 0.454 e. The lowest BCUT2D eigenvalue weighted by atomic mass is 10.0. The molecule has 0 aliphatic carbocycles. The van der Waals surface area contributed by atoms with Gasteiger partial charge in [-0.15, -0.1) is 6.42 Å². The zero-order chi connectivity index (χ0) is 20.1. The number of carbonyl (C=O) groups excluding carboxylic acids is 2. The Balaban J connectivity index is -0.0000000510. The third-order valence-corrected chi connectivity index (χ3v) is 2.84. The molecule has 1 fully saturated rings. The summed E-state index contributed by atoms with van der Waals surface area (Å²) in [4.78, 5) is 22.8. The molecule has 156 valence electrons. The number of terminal acetylenes is 1. The molecule has 6 heteroatoms. The second kappa shape index (κ2) is 11.5. The van der Waals surface area contributed by atoms with Crippen molar-refractivity contribution >= 4 is 11.8 Å². The maximum absolute atomic E-state index is 11.7. The van der Waals surface area contributed by atoms with Gasteiger partial charge in [-0.3, -0.25) is 4.79 Å². The number of aliphatic hydroxyl groups excluding tert-OH is 3. The van der Waals surface area contributed by atoms with E-state index in [4.69, 9.17) is 6.42 Å². The average molecular weight is 385 g/mol. The van der Waals surface area contributed by atoms with Crippen LogP contribution in [-0.4, -0.2) is 51.5 Å². The van der Waals surface area contributed by atoms with Gasteiger partial charge in [-0.1, -0.05) is 5.92 Å². The Morgan fingerprint density at radius 3 is 1.93 bits per heavy atom. The van der Waals surface area contributed by atoms with Crippen molar-refractivity contribution in [2.45, 2.75) is 30.8 Å². The van der Waals surface area contributed by atoms with E-state index in [2.05, 4.69) is 81.7 Å². The Morgan fingerprint density at radius 2 is 1.48 bits per heavy atom. The van der Waals surface area contributed by atoms with Crippen LogP contribution in [0.15, 0.2) is 0 Å². The number of ether oxygens (including phenoxy) is 1. The highest BCUT2D eigenvalue weighted by Gasteiger charge is 2.47. The number of cyclic esters (lactones) is 1. The molecular weight excluding hydrogens is 348 g/mol. The highest BCUT2D eigenvalue weighted by atomic mass is 16.6. The van der Waals surface area contributed by atoms with Crippen LogP contribution in [0.2, 0.25) is 0 Å². The molecule has 0 bridgehead atoms. The number of ketones is 1. The molecule has 1 aliphatic rings. The normalized spacial score (nSPS) is 19.5. The standard InChI is InChI=1S/C21H10O6.13H2/c1-2-3-4-5-6-7-8-9-10-11-12-13-14-15-16(22)17(23)20-18(24)19(25)21(26)27-20;;;;;;;;;;;;;/h1,17-20,23-25H,15H2;13*1H/t17-,18+,19-,20+;;;;;;;;;;;;;/m0............./s1. The Hall–Kier alpha value is -4.06. The minimum atomic E-state index is -1.80. The second-order valence-electron chi connectivity index (χ2n) is 4.62. The van der Waals surface area contributed by atoms with Crippen LogP contribution in [0.5, 0.6) is 0 Å². The quantitative estimate of drug-likeness (QED) is 0.491. The number of hydrogen-bond acceptors (Lipinski definition) is 6. The van der Waals surface area contributed by atoms with Gasteiger partial charge in [-0.2, -0.15) is 0 Å². The number of carbonyl (C=O) groups is 2. The molecule has 0 spiro atoms. The molecule has 0 aromatic heterocycles. The van der Waals surface area contributed by atoms with Gasteiger partial charge in [0.25, 0.3) is 0 Å². The van der Waals surface area contributed by atoms with Crippen LogP contribution >= 0.6 is 0 Å². The van der Waals surface area contributed by atoms with Crippen LogP contribution in [0, 0.1) is 83.4 Å². The molecule has 0 amide bonds. The van der Waals surface area contributed by atoms with Crippen molar-refractivity contribution in [3.05, 3.63) is 0 Å². The van der Waals surface area contributed by atoms with Gasteiger partial charge in [-0.25, -0.2) is 4.79 Å². The predicted molar refractivity (Wildman–Crippen MR) is 120 cm³/mol. The second-order valence-corrected chi connectivity index (χ2v) is 4.62. The van der Waals surface area contributed by atoms with E-state index in [9.17, 15) is 24.9 Å².